The molecule has 8 fully saturated rings. The number of fused-ring (bicyclic) bond motifs is 4. The van der Waals surface area contributed by atoms with Crippen LogP contribution in [0.15, 0.2) is 0 Å². The van der Waals surface area contributed by atoms with Crippen molar-refractivity contribution < 1.29 is 100 Å². The zero-order valence-electron chi connectivity index (χ0n) is 38.2. The molecule has 8 aliphatic heterocycles. The predicted molar refractivity (Wildman–Crippen MR) is 207 cm³/mol. The van der Waals surface area contributed by atoms with Crippen LogP contribution in [0.3, 0.4) is 0 Å². The Morgan fingerprint density at radius 1 is 0.462 bits per heavy atom. The maximum Gasteiger partial charge on any atom is 0.336 e. The predicted octanol–water partition coefficient (Wildman–Crippen LogP) is -0.668. The molecule has 368 valence electrons. The van der Waals surface area contributed by atoms with Crippen molar-refractivity contribution >= 4 is 23.7 Å². The van der Waals surface area contributed by atoms with Crippen LogP contribution in [0.2, 0.25) is 0 Å². The first-order valence-corrected chi connectivity index (χ1v) is 21.7. The highest BCUT2D eigenvalue weighted by molar-refractivity contribution is 5.82. The maximum atomic E-state index is 13.8. The number of hydrogen-bond donors (Lipinski definition) is 4. The zero-order valence-corrected chi connectivity index (χ0v) is 38.2. The summed E-state index contributed by atoms with van der Waals surface area (Å²) < 4.78 is 76.8. The number of carbonyl (C=O) groups excluding carboxylic acids is 4. The number of rotatable bonds is 15. The van der Waals surface area contributed by atoms with Crippen LogP contribution >= 0.6 is 0 Å². The van der Waals surface area contributed by atoms with Crippen LogP contribution in [0.4, 0.5) is 0 Å². The molecule has 0 aromatic carbocycles. The molecule has 0 spiro atoms. The fourth-order valence-electron chi connectivity index (χ4n) is 9.28. The van der Waals surface area contributed by atoms with Crippen LogP contribution in [0.1, 0.15) is 76.2 Å². The number of hydroxylamine groups is 3. The molecule has 0 aromatic rings. The summed E-state index contributed by atoms with van der Waals surface area (Å²) in [6.07, 6.45) is -11.3. The Morgan fingerprint density at radius 3 is 1.03 bits per heavy atom. The molecule has 8 rings (SSSR count). The quantitative estimate of drug-likeness (QED) is 0.117. The Bertz CT molecular complexity index is 1800. The van der Waals surface area contributed by atoms with Crippen molar-refractivity contribution in [3.63, 3.8) is 0 Å². The summed E-state index contributed by atoms with van der Waals surface area (Å²) in [7, 11) is 0. The van der Waals surface area contributed by atoms with Crippen LogP contribution in [-0.4, -0.2) is 153 Å². The Balaban J connectivity index is 0.869. The fraction of sp³-hybridized carbons (Fsp3) is 0.900. The van der Waals surface area contributed by atoms with E-state index in [0.717, 1.165) is 0 Å². The molecule has 5 N–H and O–H groups in total. The lowest BCUT2D eigenvalue weighted by atomic mass is 9.98. The third-order valence-corrected chi connectivity index (χ3v) is 11.8. The number of nitrogens with two attached hydrogens (primary N) is 1. The number of amides is 3. The zero-order chi connectivity index (χ0) is 47.0. The third kappa shape index (κ3) is 10.5. The van der Waals surface area contributed by atoms with Gasteiger partial charge in [0.05, 0.1) is 50.1 Å². The highest BCUT2D eigenvalue weighted by atomic mass is 16.9. The second-order valence-electron chi connectivity index (χ2n) is 20.0. The summed E-state index contributed by atoms with van der Waals surface area (Å²) in [6, 6.07) is 0. The van der Waals surface area contributed by atoms with E-state index < -0.39 is 150 Å². The second-order valence-corrected chi connectivity index (χ2v) is 20.0. The molecule has 16 atom stereocenters. The molecule has 0 aromatic heterocycles. The molecule has 0 bridgehead atoms. The summed E-state index contributed by atoms with van der Waals surface area (Å²) in [4.78, 5) is 75.8. The first-order chi connectivity index (χ1) is 30.3. The lowest BCUT2D eigenvalue weighted by Crippen LogP contribution is -2.47. The number of nitrogens with one attached hydrogen (secondary N) is 3. The van der Waals surface area contributed by atoms with Gasteiger partial charge in [0.1, 0.15) is 48.3 Å². The van der Waals surface area contributed by atoms with Crippen LogP contribution in [-0.2, 0) is 100 Å². The summed E-state index contributed by atoms with van der Waals surface area (Å²) in [5, 5.41) is 0. The molecule has 0 aliphatic carbocycles. The minimum Gasteiger partial charge on any atom is -0.458 e. The van der Waals surface area contributed by atoms with Gasteiger partial charge in [-0.1, -0.05) is 0 Å². The molecule has 0 unspecified atom stereocenters. The highest BCUT2D eigenvalue weighted by Crippen LogP contribution is 2.45. The average molecular weight is 935 g/mol. The molecule has 8 heterocycles. The lowest BCUT2D eigenvalue weighted by molar-refractivity contribution is -0.223. The van der Waals surface area contributed by atoms with Crippen molar-refractivity contribution in [3.8, 4) is 0 Å². The molecular formula is C40H62N4O21. The third-order valence-electron chi connectivity index (χ3n) is 11.8. The molecule has 3 amide bonds. The van der Waals surface area contributed by atoms with Crippen molar-refractivity contribution in [2.24, 2.45) is 29.6 Å². The van der Waals surface area contributed by atoms with Gasteiger partial charge in [-0.3, -0.25) is 28.9 Å². The van der Waals surface area contributed by atoms with E-state index in [-0.39, 0.29) is 26.4 Å². The van der Waals surface area contributed by atoms with E-state index in [2.05, 4.69) is 16.4 Å². The van der Waals surface area contributed by atoms with Crippen LogP contribution in [0, 0.1) is 23.7 Å². The van der Waals surface area contributed by atoms with Crippen LogP contribution < -0.4 is 22.3 Å². The highest BCUT2D eigenvalue weighted by Gasteiger charge is 2.61. The molecule has 65 heavy (non-hydrogen) atoms. The van der Waals surface area contributed by atoms with Crippen molar-refractivity contribution in [1.82, 2.24) is 16.4 Å². The lowest BCUT2D eigenvalue weighted by Gasteiger charge is -2.28. The second kappa shape index (κ2) is 17.9. The largest absolute Gasteiger partial charge is 0.458 e. The van der Waals surface area contributed by atoms with Gasteiger partial charge in [-0.05, 0) is 76.2 Å². The van der Waals surface area contributed by atoms with Gasteiger partial charge in [0.25, 0.3) is 17.7 Å². The Labute approximate surface area is 374 Å². The van der Waals surface area contributed by atoms with E-state index >= 15 is 0 Å². The molecule has 8 saturated heterocycles. The van der Waals surface area contributed by atoms with E-state index in [1.54, 1.807) is 76.2 Å². The van der Waals surface area contributed by atoms with E-state index in [0.29, 0.717) is 0 Å². The van der Waals surface area contributed by atoms with Gasteiger partial charge >= 0.3 is 5.97 Å². The molecular weight excluding hydrogens is 872 g/mol. The summed E-state index contributed by atoms with van der Waals surface area (Å²) in [6.45, 7) is 18.0. The van der Waals surface area contributed by atoms with Crippen LogP contribution in [0.25, 0.3) is 0 Å². The standard InChI is InChI=1S/C40H62N4O21/c1-36(2,3)61-31(48)23-19(27-35(56-23)65-40(10,11)60-27)15-52-44-30(47)22-18(26-34(55-22)64-39(8,9)59-26)14-51-43-29(46)21-17(25-33(54-21)63-38(6,7)58-25)13-50-42-28(45)20-16(12-49-41)24-32(53-20)62-37(4,5)57-24/h16-27,32-35H,12-15,41H2,1-11H3,(H,42,45)(H,43,46)(H,44,47)/t16-,17-,18-,19-,20+,21+,22+,23+,24-,25-,26-,27-,32-,33-,34-,35-/m1/s1. The Kier molecular flexibility index (Phi) is 13.4. The smallest absolute Gasteiger partial charge is 0.336 e. The van der Waals surface area contributed by atoms with Crippen molar-refractivity contribution in [2.45, 2.75) is 179 Å². The topological polar surface area (TPSA) is 287 Å². The minimum absolute atomic E-state index is 0.0641. The number of hydrogen-bond acceptors (Lipinski definition) is 22. The van der Waals surface area contributed by atoms with E-state index in [1.807, 2.05) is 0 Å². The van der Waals surface area contributed by atoms with Crippen molar-refractivity contribution in [3.05, 3.63) is 0 Å². The first-order valence-electron chi connectivity index (χ1n) is 21.7. The first kappa shape index (κ1) is 48.6. The fourth-order valence-corrected chi connectivity index (χ4v) is 9.28. The molecule has 25 nitrogen and oxygen atoms in total. The monoisotopic (exact) mass is 934 g/mol. The van der Waals surface area contributed by atoms with Gasteiger partial charge in [-0.15, -0.1) is 0 Å². The van der Waals surface area contributed by atoms with Crippen LogP contribution in [0.5, 0.6) is 0 Å². The molecule has 0 saturated carbocycles. The molecule has 8 aliphatic rings. The van der Waals surface area contributed by atoms with E-state index in [9.17, 15) is 19.2 Å². The van der Waals surface area contributed by atoms with Gasteiger partial charge in [0, 0.05) is 0 Å². The van der Waals surface area contributed by atoms with Gasteiger partial charge in [0.2, 0.25) is 0 Å². The van der Waals surface area contributed by atoms with Crippen molar-refractivity contribution in [2.75, 3.05) is 26.4 Å². The molecule has 25 heteroatoms. The number of esters is 1. The van der Waals surface area contributed by atoms with Gasteiger partial charge < -0.3 is 66.4 Å². The van der Waals surface area contributed by atoms with Gasteiger partial charge in [-0.25, -0.2) is 27.1 Å². The van der Waals surface area contributed by atoms with Crippen molar-refractivity contribution in [1.29, 1.82) is 0 Å². The Hall–Kier alpha value is -2.80. The average Bonchev–Trinajstić information content (AvgIpc) is 4.05. The molecule has 0 radical (unpaired) electrons. The number of carbonyl (C=O) groups is 4. The van der Waals surface area contributed by atoms with E-state index in [1.165, 1.54) is 0 Å². The summed E-state index contributed by atoms with van der Waals surface area (Å²) >= 11 is 0. The number of ether oxygens (including phenoxy) is 13. The van der Waals surface area contributed by atoms with Gasteiger partial charge in [-0.2, -0.15) is 0 Å². The van der Waals surface area contributed by atoms with E-state index in [4.69, 9.17) is 86.8 Å². The summed E-state index contributed by atoms with van der Waals surface area (Å²) in [5.41, 5.74) is 6.37. The Morgan fingerprint density at radius 2 is 0.738 bits per heavy atom. The normalized spacial score (nSPS) is 41.4. The SMILES string of the molecule is CC(C)(C)OC(=O)[C@H]1O[C@@H]2OC(C)(C)O[C@@H]2[C@@H]1CONC(=O)[C@H]1O[C@@H]2OC(C)(C)O[C@@H]2[C@@H]1CONC(=O)[C@H]1O[C@@H]2OC(C)(C)O[C@@H]2[C@@H]1CONC(=O)[C@H]1O[C@@H]2OC(C)(C)O[C@@H]2[C@@H]1CON. The summed E-state index contributed by atoms with van der Waals surface area (Å²) in [5.74, 6) is -4.45. The maximum absolute atomic E-state index is 13.8. The van der Waals surface area contributed by atoms with Gasteiger partial charge in [0.15, 0.2) is 54.4 Å². The minimum atomic E-state index is -1.25.